The molecule has 0 spiro atoms. The van der Waals surface area contributed by atoms with Crippen molar-refractivity contribution in [2.24, 2.45) is 4.99 Å². The quantitative estimate of drug-likeness (QED) is 0.343. The lowest BCUT2D eigenvalue weighted by atomic mass is 10.3. The zero-order chi connectivity index (χ0) is 18.5. The molecule has 0 radical (unpaired) electrons. The molecule has 0 bridgehead atoms. The molecule has 0 amide bonds. The fourth-order valence-corrected chi connectivity index (χ4v) is 3.01. The lowest BCUT2D eigenvalue weighted by Gasteiger charge is -2.36. The lowest BCUT2D eigenvalue weighted by molar-refractivity contribution is 0.364. The van der Waals surface area contributed by atoms with E-state index in [1.807, 2.05) is 0 Å². The molecule has 148 valence electrons. The fraction of sp³-hybridized carbons (Fsp3) is 0.533. The van der Waals surface area contributed by atoms with E-state index in [0.29, 0.717) is 30.1 Å². The van der Waals surface area contributed by atoms with Crippen LogP contribution in [0.2, 0.25) is 0 Å². The summed E-state index contributed by atoms with van der Waals surface area (Å²) in [7, 11) is 3.36. The molecule has 1 aliphatic rings. The van der Waals surface area contributed by atoms with Gasteiger partial charge < -0.3 is 24.4 Å². The third kappa shape index (κ3) is 5.40. The van der Waals surface area contributed by atoms with E-state index in [0.717, 1.165) is 36.6 Å². The average molecular weight is 553 g/mol. The van der Waals surface area contributed by atoms with Gasteiger partial charge in [0.2, 0.25) is 17.7 Å². The number of rotatable bonds is 4. The Balaban J connectivity index is 0.00000261. The molecule has 1 saturated heterocycles. The number of aryl methyl sites for hydroxylation is 1. The molecule has 3 heterocycles. The van der Waals surface area contributed by atoms with Gasteiger partial charge in [-0.3, -0.25) is 4.99 Å². The molecule has 2 aromatic rings. The van der Waals surface area contributed by atoms with Gasteiger partial charge in [-0.05, 0) is 15.9 Å². The summed E-state index contributed by atoms with van der Waals surface area (Å²) in [6.45, 7) is 5.40. The summed E-state index contributed by atoms with van der Waals surface area (Å²) >= 11 is 3.37. The third-order valence-corrected chi connectivity index (χ3v) is 4.48. The van der Waals surface area contributed by atoms with Crippen molar-refractivity contribution in [3.8, 4) is 5.88 Å². The third-order valence-electron chi connectivity index (χ3n) is 3.94. The van der Waals surface area contributed by atoms with E-state index in [1.165, 1.54) is 0 Å². The van der Waals surface area contributed by atoms with Gasteiger partial charge in [0.05, 0.1) is 24.3 Å². The molecular formula is C15H22BrIN8O2. The first kappa shape index (κ1) is 21.6. The van der Waals surface area contributed by atoms with Crippen LogP contribution < -0.4 is 15.0 Å². The van der Waals surface area contributed by atoms with Crippen LogP contribution in [0.25, 0.3) is 0 Å². The summed E-state index contributed by atoms with van der Waals surface area (Å²) < 4.78 is 11.0. The lowest BCUT2D eigenvalue weighted by Crippen LogP contribution is -2.52. The predicted molar refractivity (Wildman–Crippen MR) is 115 cm³/mol. The van der Waals surface area contributed by atoms with Crippen LogP contribution in [0, 0.1) is 6.92 Å². The van der Waals surface area contributed by atoms with Crippen LogP contribution in [0.1, 0.15) is 11.7 Å². The molecule has 2 aromatic heterocycles. The molecule has 1 fully saturated rings. The number of anilines is 1. The van der Waals surface area contributed by atoms with Crippen LogP contribution in [0.15, 0.2) is 20.2 Å². The Morgan fingerprint density at radius 3 is 2.67 bits per heavy atom. The second kappa shape index (κ2) is 10.0. The topological polar surface area (TPSA) is 105 Å². The van der Waals surface area contributed by atoms with E-state index in [2.05, 4.69) is 56.1 Å². The highest BCUT2D eigenvalue weighted by Crippen LogP contribution is 2.23. The minimum Gasteiger partial charge on any atom is -0.480 e. The standard InChI is InChI=1S/C15H21BrN8O2.HI/c1-10-20-12(22-26-10)9-19-14(17-2)23-4-6-24(7-5-23)15-18-8-11(16)13(21-15)25-3;/h8H,4-7,9H2,1-3H3,(H,17,19);1H. The van der Waals surface area contributed by atoms with Crippen LogP contribution in [-0.2, 0) is 6.54 Å². The van der Waals surface area contributed by atoms with Gasteiger partial charge >= 0.3 is 0 Å². The van der Waals surface area contributed by atoms with E-state index in [1.54, 1.807) is 27.3 Å². The summed E-state index contributed by atoms with van der Waals surface area (Å²) in [6.07, 6.45) is 1.71. The molecule has 27 heavy (non-hydrogen) atoms. The number of hydrogen-bond donors (Lipinski definition) is 1. The Bertz CT molecular complexity index is 779. The van der Waals surface area contributed by atoms with Crippen molar-refractivity contribution in [2.45, 2.75) is 13.5 Å². The number of aliphatic imine (C=N–C) groups is 1. The van der Waals surface area contributed by atoms with Crippen LogP contribution in [0.5, 0.6) is 5.88 Å². The molecule has 1 N–H and O–H groups in total. The van der Waals surface area contributed by atoms with E-state index < -0.39 is 0 Å². The molecular weight excluding hydrogens is 531 g/mol. The zero-order valence-electron chi connectivity index (χ0n) is 15.3. The Labute approximate surface area is 182 Å². The largest absolute Gasteiger partial charge is 0.480 e. The zero-order valence-corrected chi connectivity index (χ0v) is 19.3. The smallest absolute Gasteiger partial charge is 0.232 e. The number of ether oxygens (including phenoxy) is 1. The van der Waals surface area contributed by atoms with Crippen molar-refractivity contribution >= 4 is 51.8 Å². The number of piperazine rings is 1. The maximum Gasteiger partial charge on any atom is 0.232 e. The Kier molecular flexibility index (Phi) is 8.01. The van der Waals surface area contributed by atoms with Crippen molar-refractivity contribution in [1.82, 2.24) is 30.3 Å². The summed E-state index contributed by atoms with van der Waals surface area (Å²) in [5.74, 6) is 3.16. The van der Waals surface area contributed by atoms with Crippen LogP contribution in [-0.4, -0.2) is 71.3 Å². The summed E-state index contributed by atoms with van der Waals surface area (Å²) in [6, 6.07) is 0. The van der Waals surface area contributed by atoms with Gasteiger partial charge in [-0.25, -0.2) is 4.98 Å². The van der Waals surface area contributed by atoms with Gasteiger partial charge in [-0.2, -0.15) is 9.97 Å². The second-order valence-corrected chi connectivity index (χ2v) is 6.49. The van der Waals surface area contributed by atoms with Crippen molar-refractivity contribution in [3.05, 3.63) is 22.4 Å². The maximum atomic E-state index is 5.25. The van der Waals surface area contributed by atoms with Gasteiger partial charge in [0.1, 0.15) is 0 Å². The molecule has 0 unspecified atom stereocenters. The Morgan fingerprint density at radius 2 is 2.07 bits per heavy atom. The molecule has 0 aliphatic carbocycles. The minimum atomic E-state index is 0. The average Bonchev–Trinajstić information content (AvgIpc) is 3.08. The van der Waals surface area contributed by atoms with Gasteiger partial charge in [0.25, 0.3) is 0 Å². The summed E-state index contributed by atoms with van der Waals surface area (Å²) in [4.78, 5) is 21.6. The number of methoxy groups -OCH3 is 1. The molecule has 3 rings (SSSR count). The molecule has 12 heteroatoms. The molecule has 0 saturated carbocycles. The van der Waals surface area contributed by atoms with Crippen molar-refractivity contribution < 1.29 is 9.26 Å². The minimum absolute atomic E-state index is 0. The Hall–Kier alpha value is -1.70. The summed E-state index contributed by atoms with van der Waals surface area (Å²) in [5.41, 5.74) is 0. The summed E-state index contributed by atoms with van der Waals surface area (Å²) in [5, 5.41) is 7.14. The first-order valence-corrected chi connectivity index (χ1v) is 8.96. The molecule has 0 aromatic carbocycles. The maximum absolute atomic E-state index is 5.25. The number of hydrogen-bond acceptors (Lipinski definition) is 8. The van der Waals surface area contributed by atoms with Gasteiger partial charge in [-0.1, -0.05) is 5.16 Å². The number of nitrogens with one attached hydrogen (secondary N) is 1. The number of nitrogens with zero attached hydrogens (tertiary/aromatic N) is 7. The first-order chi connectivity index (χ1) is 12.6. The number of guanidine groups is 1. The number of aromatic nitrogens is 4. The predicted octanol–water partition coefficient (Wildman–Crippen LogP) is 1.45. The monoisotopic (exact) mass is 552 g/mol. The van der Waals surface area contributed by atoms with E-state index >= 15 is 0 Å². The first-order valence-electron chi connectivity index (χ1n) is 8.17. The fourth-order valence-electron chi connectivity index (χ4n) is 2.66. The highest BCUT2D eigenvalue weighted by atomic mass is 127. The molecule has 1 aliphatic heterocycles. The highest BCUT2D eigenvalue weighted by Gasteiger charge is 2.22. The normalized spacial score (nSPS) is 14.7. The SMILES string of the molecule is CN=C(NCc1noc(C)n1)N1CCN(c2ncc(Br)c(OC)n2)CC1.I. The highest BCUT2D eigenvalue weighted by molar-refractivity contribution is 14.0. The number of halogens is 2. The molecule has 10 nitrogen and oxygen atoms in total. The van der Waals surface area contributed by atoms with Crippen molar-refractivity contribution in [3.63, 3.8) is 0 Å². The van der Waals surface area contributed by atoms with E-state index in [-0.39, 0.29) is 24.0 Å². The van der Waals surface area contributed by atoms with E-state index in [9.17, 15) is 0 Å². The van der Waals surface area contributed by atoms with Gasteiger partial charge in [0, 0.05) is 40.2 Å². The van der Waals surface area contributed by atoms with Gasteiger partial charge in [-0.15, -0.1) is 24.0 Å². The van der Waals surface area contributed by atoms with Crippen molar-refractivity contribution in [2.75, 3.05) is 45.2 Å². The van der Waals surface area contributed by atoms with Crippen LogP contribution >= 0.6 is 39.9 Å². The van der Waals surface area contributed by atoms with Crippen molar-refractivity contribution in [1.29, 1.82) is 0 Å². The second-order valence-electron chi connectivity index (χ2n) is 5.63. The molecule has 0 atom stereocenters. The van der Waals surface area contributed by atoms with Gasteiger partial charge in [0.15, 0.2) is 11.8 Å². The van der Waals surface area contributed by atoms with E-state index in [4.69, 9.17) is 9.26 Å². The Morgan fingerprint density at radius 1 is 1.33 bits per heavy atom. The van der Waals surface area contributed by atoms with Crippen LogP contribution in [0.3, 0.4) is 0 Å². The van der Waals surface area contributed by atoms with Crippen LogP contribution in [0.4, 0.5) is 5.95 Å².